The Morgan fingerprint density at radius 1 is 1.18 bits per heavy atom. The highest BCUT2D eigenvalue weighted by Gasteiger charge is 2.37. The van der Waals surface area contributed by atoms with Gasteiger partial charge in [-0.05, 0) is 44.6 Å². The maximum absolute atomic E-state index is 12.7. The van der Waals surface area contributed by atoms with Crippen LogP contribution < -0.4 is 11.5 Å². The molecule has 128 valence electrons. The summed E-state index contributed by atoms with van der Waals surface area (Å²) in [7, 11) is 0. The molecule has 1 heterocycles. The molecule has 2 fully saturated rings. The topological polar surface area (TPSA) is 89.4 Å². The van der Waals surface area contributed by atoms with Gasteiger partial charge in [0.25, 0.3) is 0 Å². The maximum atomic E-state index is 12.7. The second-order valence-electron chi connectivity index (χ2n) is 7.01. The molecule has 1 aliphatic heterocycles. The van der Waals surface area contributed by atoms with Crippen molar-refractivity contribution in [1.82, 2.24) is 4.90 Å². The fraction of sp³-hybridized carbons (Fsp3) is 0.875. The Hall–Kier alpha value is -0.810. The number of carbonyl (C=O) groups excluding carboxylic acids is 2. The summed E-state index contributed by atoms with van der Waals surface area (Å²) >= 11 is 0. The van der Waals surface area contributed by atoms with Crippen LogP contribution in [0.4, 0.5) is 0 Å². The molecule has 2 amide bonds. The van der Waals surface area contributed by atoms with Crippen molar-refractivity contribution >= 4 is 24.2 Å². The monoisotopic (exact) mass is 331 g/mol. The molecule has 2 rings (SSSR count). The van der Waals surface area contributed by atoms with Crippen LogP contribution in [0.25, 0.3) is 0 Å². The number of halogens is 1. The second kappa shape index (κ2) is 8.16. The number of nitrogens with zero attached hydrogens (tertiary/aromatic N) is 1. The standard InChI is InChI=1S/C16H29N3O2.ClH/c1-12-5-6-13(15(18)21)10-19(12)14(20)9-16(11-17)7-3-2-4-8-16;/h12-13H,2-11,17H2,1H3,(H2,18,21);1H. The molecule has 22 heavy (non-hydrogen) atoms. The SMILES string of the molecule is CC1CCC(C(N)=O)CN1C(=O)CC1(CN)CCCCC1.Cl. The minimum absolute atomic E-state index is 0. The number of amides is 2. The van der Waals surface area contributed by atoms with Crippen molar-refractivity contribution in [2.45, 2.75) is 64.3 Å². The fourth-order valence-corrected chi connectivity index (χ4v) is 3.86. The quantitative estimate of drug-likeness (QED) is 0.823. The molecular formula is C16H30ClN3O2. The summed E-state index contributed by atoms with van der Waals surface area (Å²) in [5.41, 5.74) is 11.4. The first-order valence-electron chi connectivity index (χ1n) is 8.26. The van der Waals surface area contributed by atoms with E-state index in [1.54, 1.807) is 0 Å². The van der Waals surface area contributed by atoms with E-state index in [1.165, 1.54) is 19.3 Å². The summed E-state index contributed by atoms with van der Waals surface area (Å²) in [6, 6.07) is 0.200. The molecule has 6 heteroatoms. The molecule has 2 atom stereocenters. The fourth-order valence-electron chi connectivity index (χ4n) is 3.86. The first-order chi connectivity index (χ1) is 9.97. The smallest absolute Gasteiger partial charge is 0.223 e. The van der Waals surface area contributed by atoms with Crippen molar-refractivity contribution in [2.24, 2.45) is 22.8 Å². The molecule has 0 radical (unpaired) electrons. The van der Waals surface area contributed by atoms with E-state index in [1.807, 2.05) is 4.90 Å². The third-order valence-electron chi connectivity index (χ3n) is 5.48. The van der Waals surface area contributed by atoms with Gasteiger partial charge in [-0.1, -0.05) is 19.3 Å². The Morgan fingerprint density at radius 3 is 2.36 bits per heavy atom. The molecular weight excluding hydrogens is 302 g/mol. The van der Waals surface area contributed by atoms with Gasteiger partial charge in [-0.2, -0.15) is 0 Å². The molecule has 0 spiro atoms. The van der Waals surface area contributed by atoms with Crippen LogP contribution in [0.3, 0.4) is 0 Å². The average Bonchev–Trinajstić information content (AvgIpc) is 2.48. The number of carbonyl (C=O) groups is 2. The highest BCUT2D eigenvalue weighted by Crippen LogP contribution is 2.39. The summed E-state index contributed by atoms with van der Waals surface area (Å²) < 4.78 is 0. The van der Waals surface area contributed by atoms with Crippen molar-refractivity contribution in [2.75, 3.05) is 13.1 Å². The number of hydrogen-bond donors (Lipinski definition) is 2. The lowest BCUT2D eigenvalue weighted by atomic mass is 9.71. The molecule has 1 saturated carbocycles. The van der Waals surface area contributed by atoms with Crippen LogP contribution in [0.2, 0.25) is 0 Å². The van der Waals surface area contributed by atoms with Gasteiger partial charge >= 0.3 is 0 Å². The molecule has 2 aliphatic rings. The molecule has 1 aliphatic carbocycles. The molecule has 0 aromatic carbocycles. The summed E-state index contributed by atoms with van der Waals surface area (Å²) in [5, 5.41) is 0. The molecule has 5 nitrogen and oxygen atoms in total. The lowest BCUT2D eigenvalue weighted by Crippen LogP contribution is -2.50. The number of hydrogen-bond acceptors (Lipinski definition) is 3. The minimum atomic E-state index is -0.286. The third-order valence-corrected chi connectivity index (χ3v) is 5.48. The van der Waals surface area contributed by atoms with Crippen LogP contribution in [0.1, 0.15) is 58.3 Å². The second-order valence-corrected chi connectivity index (χ2v) is 7.01. The predicted molar refractivity (Wildman–Crippen MR) is 89.5 cm³/mol. The predicted octanol–water partition coefficient (Wildman–Crippen LogP) is 1.82. The van der Waals surface area contributed by atoms with Crippen molar-refractivity contribution in [3.8, 4) is 0 Å². The van der Waals surface area contributed by atoms with Crippen LogP contribution in [0, 0.1) is 11.3 Å². The van der Waals surface area contributed by atoms with Crippen molar-refractivity contribution in [3.63, 3.8) is 0 Å². The van der Waals surface area contributed by atoms with Crippen molar-refractivity contribution in [1.29, 1.82) is 0 Å². The number of primary amides is 1. The Labute approximate surface area is 139 Å². The van der Waals surface area contributed by atoms with E-state index < -0.39 is 0 Å². The summed E-state index contributed by atoms with van der Waals surface area (Å²) in [4.78, 5) is 26.0. The zero-order chi connectivity index (χ0) is 15.5. The number of rotatable bonds is 4. The summed E-state index contributed by atoms with van der Waals surface area (Å²) in [6.45, 7) is 3.13. The maximum Gasteiger partial charge on any atom is 0.223 e. The number of likely N-dealkylation sites (tertiary alicyclic amines) is 1. The first kappa shape index (κ1) is 19.2. The normalized spacial score (nSPS) is 27.8. The molecule has 2 unspecified atom stereocenters. The minimum Gasteiger partial charge on any atom is -0.369 e. The van der Waals surface area contributed by atoms with E-state index in [9.17, 15) is 9.59 Å². The van der Waals surface area contributed by atoms with Gasteiger partial charge in [-0.3, -0.25) is 9.59 Å². The molecule has 4 N–H and O–H groups in total. The number of nitrogens with two attached hydrogens (primary N) is 2. The Morgan fingerprint density at radius 2 is 1.82 bits per heavy atom. The van der Waals surface area contributed by atoms with Crippen molar-refractivity contribution < 1.29 is 9.59 Å². The Kier molecular flexibility index (Phi) is 7.13. The van der Waals surface area contributed by atoms with Crippen LogP contribution in [-0.4, -0.2) is 35.8 Å². The lowest BCUT2D eigenvalue weighted by Gasteiger charge is -2.41. The summed E-state index contributed by atoms with van der Waals surface area (Å²) in [6.07, 6.45) is 7.87. The van der Waals surface area contributed by atoms with Crippen LogP contribution in [-0.2, 0) is 9.59 Å². The van der Waals surface area contributed by atoms with Gasteiger partial charge < -0.3 is 16.4 Å². The van der Waals surface area contributed by atoms with E-state index in [4.69, 9.17) is 11.5 Å². The molecule has 1 saturated heterocycles. The molecule has 0 bridgehead atoms. The summed E-state index contributed by atoms with van der Waals surface area (Å²) in [5.74, 6) is -0.322. The van der Waals surface area contributed by atoms with Gasteiger partial charge in [0.2, 0.25) is 11.8 Å². The van der Waals surface area contributed by atoms with E-state index >= 15 is 0 Å². The van der Waals surface area contributed by atoms with Gasteiger partial charge in [0.15, 0.2) is 0 Å². The largest absolute Gasteiger partial charge is 0.369 e. The van der Waals surface area contributed by atoms with E-state index in [0.29, 0.717) is 19.5 Å². The van der Waals surface area contributed by atoms with Crippen molar-refractivity contribution in [3.05, 3.63) is 0 Å². The van der Waals surface area contributed by atoms with Crippen LogP contribution >= 0.6 is 12.4 Å². The number of piperidine rings is 1. The average molecular weight is 332 g/mol. The van der Waals surface area contributed by atoms with Gasteiger partial charge in [0.05, 0.1) is 5.92 Å². The van der Waals surface area contributed by atoms with E-state index in [2.05, 4.69) is 6.92 Å². The Balaban J connectivity index is 0.00000242. The van der Waals surface area contributed by atoms with Crippen LogP contribution in [0.5, 0.6) is 0 Å². The third kappa shape index (κ3) is 4.35. The zero-order valence-electron chi connectivity index (χ0n) is 13.6. The lowest BCUT2D eigenvalue weighted by molar-refractivity contribution is -0.140. The highest BCUT2D eigenvalue weighted by atomic mass is 35.5. The molecule has 0 aromatic rings. The highest BCUT2D eigenvalue weighted by molar-refractivity contribution is 5.85. The molecule has 0 aromatic heterocycles. The first-order valence-corrected chi connectivity index (χ1v) is 8.26. The van der Waals surface area contributed by atoms with Gasteiger partial charge in [-0.25, -0.2) is 0 Å². The van der Waals surface area contributed by atoms with E-state index in [0.717, 1.165) is 25.7 Å². The van der Waals surface area contributed by atoms with Gasteiger partial charge in [0.1, 0.15) is 0 Å². The van der Waals surface area contributed by atoms with Crippen LogP contribution in [0.15, 0.2) is 0 Å². The van der Waals surface area contributed by atoms with Gasteiger partial charge in [0, 0.05) is 19.0 Å². The zero-order valence-corrected chi connectivity index (χ0v) is 14.4. The van der Waals surface area contributed by atoms with Gasteiger partial charge in [-0.15, -0.1) is 12.4 Å². The Bertz CT molecular complexity index is 397. The van der Waals surface area contributed by atoms with E-state index in [-0.39, 0.29) is 41.6 Å².